The number of aromatic nitrogens is 1. The van der Waals surface area contributed by atoms with Gasteiger partial charge >= 0.3 is 0 Å². The van der Waals surface area contributed by atoms with Crippen molar-refractivity contribution in [2.45, 2.75) is 20.8 Å². The number of nitrogens with zero attached hydrogens (tertiary/aromatic N) is 1. The monoisotopic (exact) mass is 452 g/mol. The van der Waals surface area contributed by atoms with E-state index in [1.54, 1.807) is 30.3 Å². The molecule has 1 N–H and O–H groups in total. The maximum absolute atomic E-state index is 14.5. The number of ether oxygens (including phenoxy) is 1. The van der Waals surface area contributed by atoms with Crippen LogP contribution in [-0.2, 0) is 0 Å². The highest BCUT2D eigenvalue weighted by atomic mass is 32.1. The standard InChI is InChI=1S/C25H22F2N2O2S/c1-5-8-21(27)22(15(2)3)25-29-24(16(4)32-25)31-18-13-11-17(12-14-18)28-23(30)19-9-6-7-10-20(19)26/h5-14H,1H2,2-4H3,(H,28,30)/b21-8+. The molecule has 0 aliphatic heterocycles. The maximum Gasteiger partial charge on any atom is 0.258 e. The summed E-state index contributed by atoms with van der Waals surface area (Å²) in [4.78, 5) is 17.5. The number of thiazole rings is 1. The average Bonchev–Trinajstić information content (AvgIpc) is 3.09. The van der Waals surface area contributed by atoms with E-state index in [4.69, 9.17) is 4.74 Å². The van der Waals surface area contributed by atoms with Gasteiger partial charge in [-0.05, 0) is 63.2 Å². The molecule has 1 aromatic heterocycles. The smallest absolute Gasteiger partial charge is 0.258 e. The van der Waals surface area contributed by atoms with E-state index in [0.717, 1.165) is 10.5 Å². The van der Waals surface area contributed by atoms with Crippen molar-refractivity contribution in [1.29, 1.82) is 0 Å². The molecule has 4 nitrogen and oxygen atoms in total. The summed E-state index contributed by atoms with van der Waals surface area (Å²) < 4.78 is 34.1. The van der Waals surface area contributed by atoms with Crippen molar-refractivity contribution in [2.24, 2.45) is 0 Å². The first-order valence-corrected chi connectivity index (χ1v) is 10.6. The lowest BCUT2D eigenvalue weighted by Crippen LogP contribution is -2.13. The molecule has 0 saturated heterocycles. The zero-order chi connectivity index (χ0) is 23.3. The van der Waals surface area contributed by atoms with E-state index >= 15 is 0 Å². The summed E-state index contributed by atoms with van der Waals surface area (Å²) in [5, 5.41) is 3.16. The van der Waals surface area contributed by atoms with Crippen molar-refractivity contribution in [3.8, 4) is 11.6 Å². The summed E-state index contributed by atoms with van der Waals surface area (Å²) in [6.45, 7) is 9.01. The highest BCUT2D eigenvalue weighted by Crippen LogP contribution is 2.36. The van der Waals surface area contributed by atoms with Gasteiger partial charge in [0, 0.05) is 11.3 Å². The number of halogens is 2. The van der Waals surface area contributed by atoms with Crippen molar-refractivity contribution < 1.29 is 18.3 Å². The molecule has 164 valence electrons. The summed E-state index contributed by atoms with van der Waals surface area (Å²) in [6, 6.07) is 12.4. The van der Waals surface area contributed by atoms with Gasteiger partial charge in [0.2, 0.25) is 5.88 Å². The van der Waals surface area contributed by atoms with Gasteiger partial charge in [-0.25, -0.2) is 13.8 Å². The third kappa shape index (κ3) is 5.36. The number of carbonyl (C=O) groups excluding carboxylic acids is 1. The van der Waals surface area contributed by atoms with E-state index in [1.807, 2.05) is 20.8 Å². The molecule has 0 saturated carbocycles. The topological polar surface area (TPSA) is 51.2 Å². The highest BCUT2D eigenvalue weighted by molar-refractivity contribution is 7.13. The van der Waals surface area contributed by atoms with Crippen molar-refractivity contribution in [3.63, 3.8) is 0 Å². The van der Waals surface area contributed by atoms with Gasteiger partial charge in [-0.3, -0.25) is 4.79 Å². The number of anilines is 1. The average molecular weight is 453 g/mol. The molecular weight excluding hydrogens is 430 g/mol. The number of benzene rings is 2. The lowest BCUT2D eigenvalue weighted by Gasteiger charge is -2.08. The molecule has 0 atom stereocenters. The molecule has 0 aliphatic rings. The molecule has 3 rings (SSSR count). The molecule has 3 aromatic rings. The zero-order valence-corrected chi connectivity index (χ0v) is 18.7. The first-order valence-electron chi connectivity index (χ1n) is 9.77. The van der Waals surface area contributed by atoms with Crippen LogP contribution >= 0.6 is 11.3 Å². The van der Waals surface area contributed by atoms with Gasteiger partial charge in [0.1, 0.15) is 22.4 Å². The van der Waals surface area contributed by atoms with Crippen LogP contribution in [0.5, 0.6) is 11.6 Å². The van der Waals surface area contributed by atoms with Crippen LogP contribution in [0.15, 0.2) is 78.7 Å². The second kappa shape index (κ2) is 10.2. The fourth-order valence-electron chi connectivity index (χ4n) is 2.89. The van der Waals surface area contributed by atoms with Crippen molar-refractivity contribution >= 4 is 28.5 Å². The fourth-order valence-corrected chi connectivity index (χ4v) is 3.88. The van der Waals surface area contributed by atoms with Crippen molar-refractivity contribution in [1.82, 2.24) is 4.98 Å². The van der Waals surface area contributed by atoms with Crippen molar-refractivity contribution in [3.05, 3.63) is 99.9 Å². The molecule has 2 aromatic carbocycles. The van der Waals surface area contributed by atoms with Gasteiger partial charge < -0.3 is 10.1 Å². The van der Waals surface area contributed by atoms with Crippen molar-refractivity contribution in [2.75, 3.05) is 5.32 Å². The predicted octanol–water partition coefficient (Wildman–Crippen LogP) is 7.47. The SMILES string of the molecule is C=C/C=C(/F)C(=C(C)C)c1nc(Oc2ccc(NC(=O)c3ccccc3F)cc2)c(C)s1. The van der Waals surface area contributed by atoms with Crippen LogP contribution in [0.2, 0.25) is 0 Å². The summed E-state index contributed by atoms with van der Waals surface area (Å²) in [6.07, 6.45) is 2.69. The summed E-state index contributed by atoms with van der Waals surface area (Å²) in [5.41, 5.74) is 1.66. The minimum absolute atomic E-state index is 0.0359. The van der Waals surface area contributed by atoms with E-state index in [0.29, 0.717) is 27.9 Å². The van der Waals surface area contributed by atoms with Crippen LogP contribution in [-0.4, -0.2) is 10.9 Å². The predicted molar refractivity (Wildman–Crippen MR) is 125 cm³/mol. The number of hydrogen-bond acceptors (Lipinski definition) is 4. The Bertz CT molecular complexity index is 1210. The van der Waals surface area contributed by atoms with E-state index in [-0.39, 0.29) is 5.56 Å². The summed E-state index contributed by atoms with van der Waals surface area (Å²) in [5.74, 6) is -0.668. The molecule has 0 fully saturated rings. The van der Waals surface area contributed by atoms with Crippen LogP contribution in [0, 0.1) is 12.7 Å². The van der Waals surface area contributed by atoms with Crippen LogP contribution in [0.25, 0.3) is 5.57 Å². The summed E-state index contributed by atoms with van der Waals surface area (Å²) in [7, 11) is 0. The first kappa shape index (κ1) is 23.1. The zero-order valence-electron chi connectivity index (χ0n) is 17.9. The fraction of sp³-hybridized carbons (Fsp3) is 0.120. The lowest BCUT2D eigenvalue weighted by molar-refractivity contribution is 0.102. The molecule has 0 aliphatic carbocycles. The summed E-state index contributed by atoms with van der Waals surface area (Å²) >= 11 is 1.33. The van der Waals surface area contributed by atoms with E-state index in [1.165, 1.54) is 41.7 Å². The molecule has 0 bridgehead atoms. The third-order valence-electron chi connectivity index (χ3n) is 4.42. The van der Waals surface area contributed by atoms with E-state index < -0.39 is 17.6 Å². The Kier molecular flexibility index (Phi) is 7.33. The number of rotatable bonds is 7. The molecule has 7 heteroatoms. The van der Waals surface area contributed by atoms with Gasteiger partial charge in [0.05, 0.1) is 10.4 Å². The molecule has 0 unspecified atom stereocenters. The Labute approximate surface area is 189 Å². The normalized spacial score (nSPS) is 11.1. The molecule has 0 radical (unpaired) electrons. The Morgan fingerprint density at radius 2 is 1.84 bits per heavy atom. The minimum atomic E-state index is -0.588. The van der Waals surface area contributed by atoms with Crippen LogP contribution in [0.4, 0.5) is 14.5 Å². The number of aryl methyl sites for hydroxylation is 1. The number of carbonyl (C=O) groups is 1. The quantitative estimate of drug-likeness (QED) is 0.378. The van der Waals surface area contributed by atoms with E-state index in [9.17, 15) is 13.6 Å². The largest absolute Gasteiger partial charge is 0.438 e. The van der Waals surface area contributed by atoms with Gasteiger partial charge in [-0.2, -0.15) is 0 Å². The number of nitrogens with one attached hydrogen (secondary N) is 1. The van der Waals surface area contributed by atoms with E-state index in [2.05, 4.69) is 16.9 Å². The third-order valence-corrected chi connectivity index (χ3v) is 5.39. The van der Waals surface area contributed by atoms with Gasteiger partial charge in [-0.15, -0.1) is 11.3 Å². The van der Waals surface area contributed by atoms with Crippen LogP contribution in [0.1, 0.15) is 34.1 Å². The Morgan fingerprint density at radius 3 is 2.47 bits per heavy atom. The second-order valence-corrected chi connectivity index (χ2v) is 8.27. The number of allylic oxidation sites excluding steroid dienone is 5. The maximum atomic E-state index is 14.5. The number of hydrogen-bond donors (Lipinski definition) is 1. The Balaban J connectivity index is 1.75. The first-order chi connectivity index (χ1) is 15.3. The molecule has 1 amide bonds. The second-order valence-electron chi connectivity index (χ2n) is 7.07. The Morgan fingerprint density at radius 1 is 1.16 bits per heavy atom. The molecule has 32 heavy (non-hydrogen) atoms. The molecule has 1 heterocycles. The van der Waals surface area contributed by atoms with Gasteiger partial charge in [-0.1, -0.05) is 30.4 Å². The van der Waals surface area contributed by atoms with Crippen LogP contribution < -0.4 is 10.1 Å². The van der Waals surface area contributed by atoms with Gasteiger partial charge in [0.15, 0.2) is 0 Å². The Hall–Kier alpha value is -3.58. The highest BCUT2D eigenvalue weighted by Gasteiger charge is 2.18. The van der Waals surface area contributed by atoms with Gasteiger partial charge in [0.25, 0.3) is 5.91 Å². The minimum Gasteiger partial charge on any atom is -0.438 e. The number of amides is 1. The lowest BCUT2D eigenvalue weighted by atomic mass is 10.1. The molecular formula is C25H22F2N2O2S. The van der Waals surface area contributed by atoms with Crippen LogP contribution in [0.3, 0.4) is 0 Å². The molecule has 0 spiro atoms.